The Labute approximate surface area is 130 Å². The summed E-state index contributed by atoms with van der Waals surface area (Å²) in [7, 11) is 0. The van der Waals surface area contributed by atoms with Crippen molar-refractivity contribution in [2.75, 3.05) is 0 Å². The van der Waals surface area contributed by atoms with Crippen LogP contribution in [-0.2, 0) is 0 Å². The van der Waals surface area contributed by atoms with Crippen LogP contribution in [0.1, 0.15) is 73.1 Å². The zero-order valence-electron chi connectivity index (χ0n) is 14.6. The molecule has 0 saturated carbocycles. The summed E-state index contributed by atoms with van der Waals surface area (Å²) < 4.78 is 14.7. The van der Waals surface area contributed by atoms with Crippen LogP contribution in [0.2, 0.25) is 0 Å². The maximum absolute atomic E-state index is 14.7. The van der Waals surface area contributed by atoms with Gasteiger partial charge in [0.15, 0.2) is 0 Å². The molecule has 0 bridgehead atoms. The van der Waals surface area contributed by atoms with Crippen LogP contribution >= 0.6 is 0 Å². The minimum Gasteiger partial charge on any atom is -0.247 e. The van der Waals surface area contributed by atoms with Crippen LogP contribution in [0, 0.1) is 23.2 Å². The van der Waals surface area contributed by atoms with Crippen molar-refractivity contribution in [2.24, 2.45) is 23.2 Å². The molecule has 0 aromatic carbocycles. The van der Waals surface area contributed by atoms with Crippen molar-refractivity contribution >= 4 is 0 Å². The van der Waals surface area contributed by atoms with Crippen molar-refractivity contribution < 1.29 is 4.39 Å². The monoisotopic (exact) mass is 292 g/mol. The molecule has 0 spiro atoms. The third-order valence-corrected chi connectivity index (χ3v) is 5.81. The summed E-state index contributed by atoms with van der Waals surface area (Å²) in [6.07, 6.45) is 10.4. The van der Waals surface area contributed by atoms with E-state index in [9.17, 15) is 4.39 Å². The molecule has 0 aliphatic heterocycles. The quantitative estimate of drug-likeness (QED) is 0.519. The smallest absolute Gasteiger partial charge is 0.103 e. The van der Waals surface area contributed by atoms with Gasteiger partial charge in [0.1, 0.15) is 6.17 Å². The molecule has 0 aromatic heterocycles. The van der Waals surface area contributed by atoms with Crippen LogP contribution < -0.4 is 0 Å². The topological polar surface area (TPSA) is 0 Å². The van der Waals surface area contributed by atoms with Crippen molar-refractivity contribution in [1.29, 1.82) is 0 Å². The van der Waals surface area contributed by atoms with Gasteiger partial charge in [-0.3, -0.25) is 0 Å². The highest BCUT2D eigenvalue weighted by Crippen LogP contribution is 2.50. The fourth-order valence-electron chi connectivity index (χ4n) is 4.12. The highest BCUT2D eigenvalue weighted by Gasteiger charge is 2.39. The number of fused-ring (bicyclic) bond motifs is 1. The van der Waals surface area contributed by atoms with Gasteiger partial charge in [-0.2, -0.15) is 0 Å². The standard InChI is InChI=1S/C20H33F/c1-14(2)17-11-12-20(5)13-19(21)16(4)8-6-7-15(3)9-10-18(17)20/h9-10,14-16,19H,6-8,11-13H2,1-5H3/b10-9+/t15-,16+,19-,20-/m1/s1. The molecule has 21 heavy (non-hydrogen) atoms. The lowest BCUT2D eigenvalue weighted by Crippen LogP contribution is -2.25. The molecular weight excluding hydrogens is 259 g/mol. The maximum atomic E-state index is 14.7. The van der Waals surface area contributed by atoms with Crippen LogP contribution in [0.15, 0.2) is 23.3 Å². The Hall–Kier alpha value is -0.590. The number of rotatable bonds is 1. The van der Waals surface area contributed by atoms with Gasteiger partial charge in [0, 0.05) is 0 Å². The van der Waals surface area contributed by atoms with Crippen molar-refractivity contribution in [3.8, 4) is 0 Å². The average Bonchev–Trinajstić information content (AvgIpc) is 2.71. The van der Waals surface area contributed by atoms with Crippen LogP contribution in [-0.4, -0.2) is 6.17 Å². The van der Waals surface area contributed by atoms with Gasteiger partial charge < -0.3 is 0 Å². The van der Waals surface area contributed by atoms with E-state index >= 15 is 0 Å². The summed E-state index contributed by atoms with van der Waals surface area (Å²) in [4.78, 5) is 0. The molecule has 0 heterocycles. The first-order valence-corrected chi connectivity index (χ1v) is 8.89. The molecule has 2 aliphatic rings. The highest BCUT2D eigenvalue weighted by atomic mass is 19.1. The maximum Gasteiger partial charge on any atom is 0.103 e. The minimum atomic E-state index is -0.654. The van der Waals surface area contributed by atoms with Gasteiger partial charge in [0.2, 0.25) is 0 Å². The van der Waals surface area contributed by atoms with Gasteiger partial charge in [-0.15, -0.1) is 0 Å². The lowest BCUT2D eigenvalue weighted by molar-refractivity contribution is 0.159. The summed E-state index contributed by atoms with van der Waals surface area (Å²) in [6, 6.07) is 0. The molecular formula is C20H33F. The van der Waals surface area contributed by atoms with Crippen LogP contribution in [0.25, 0.3) is 0 Å². The van der Waals surface area contributed by atoms with Gasteiger partial charge in [-0.1, -0.05) is 58.8 Å². The zero-order valence-corrected chi connectivity index (χ0v) is 14.6. The average molecular weight is 292 g/mol. The van der Waals surface area contributed by atoms with Gasteiger partial charge >= 0.3 is 0 Å². The lowest BCUT2D eigenvalue weighted by Gasteiger charge is -2.31. The summed E-state index contributed by atoms with van der Waals surface area (Å²) in [6.45, 7) is 11.3. The third kappa shape index (κ3) is 3.79. The summed E-state index contributed by atoms with van der Waals surface area (Å²) >= 11 is 0. The largest absolute Gasteiger partial charge is 0.247 e. The minimum absolute atomic E-state index is 0.0494. The predicted molar refractivity (Wildman–Crippen MR) is 90.0 cm³/mol. The second-order valence-electron chi connectivity index (χ2n) is 8.12. The van der Waals surface area contributed by atoms with Crippen LogP contribution in [0.4, 0.5) is 4.39 Å². The summed E-state index contributed by atoms with van der Waals surface area (Å²) in [5.74, 6) is 1.40. The Bertz CT molecular complexity index is 418. The van der Waals surface area contributed by atoms with Crippen molar-refractivity contribution in [1.82, 2.24) is 0 Å². The highest BCUT2D eigenvalue weighted by molar-refractivity contribution is 5.38. The molecule has 0 saturated heterocycles. The SMILES string of the molecule is CC(C)C1=C2/C=C/[C@H](C)CCC[C@H](C)[C@H](F)C[C@@]2(C)CC1. The van der Waals surface area contributed by atoms with E-state index in [2.05, 4.69) is 46.8 Å². The molecule has 0 amide bonds. The molecule has 0 aromatic rings. The Morgan fingerprint density at radius 3 is 2.62 bits per heavy atom. The van der Waals surface area contributed by atoms with E-state index in [1.807, 2.05) is 0 Å². The molecule has 0 radical (unpaired) electrons. The molecule has 0 unspecified atom stereocenters. The first kappa shape index (κ1) is 16.8. The van der Waals surface area contributed by atoms with Gasteiger partial charge in [0.25, 0.3) is 0 Å². The number of hydrogen-bond acceptors (Lipinski definition) is 0. The normalized spacial score (nSPS) is 40.0. The zero-order chi connectivity index (χ0) is 15.6. The lowest BCUT2D eigenvalue weighted by atomic mass is 9.75. The van der Waals surface area contributed by atoms with Crippen molar-refractivity contribution in [3.63, 3.8) is 0 Å². The van der Waals surface area contributed by atoms with E-state index < -0.39 is 6.17 Å². The fraction of sp³-hybridized carbons (Fsp3) is 0.800. The van der Waals surface area contributed by atoms with Gasteiger partial charge in [-0.25, -0.2) is 4.39 Å². The second-order valence-corrected chi connectivity index (χ2v) is 8.12. The second kappa shape index (κ2) is 6.67. The fourth-order valence-corrected chi connectivity index (χ4v) is 4.12. The molecule has 4 atom stereocenters. The molecule has 0 N–H and O–H groups in total. The number of hydrogen-bond donors (Lipinski definition) is 0. The molecule has 1 heteroatoms. The molecule has 0 fully saturated rings. The van der Waals surface area contributed by atoms with E-state index in [1.165, 1.54) is 12.0 Å². The number of allylic oxidation sites excluding steroid dienone is 4. The van der Waals surface area contributed by atoms with E-state index in [1.54, 1.807) is 5.57 Å². The Morgan fingerprint density at radius 2 is 1.95 bits per heavy atom. The van der Waals surface area contributed by atoms with Crippen LogP contribution in [0.3, 0.4) is 0 Å². The molecule has 2 rings (SSSR count). The van der Waals surface area contributed by atoms with E-state index in [0.717, 1.165) is 25.7 Å². The number of alkyl halides is 1. The van der Waals surface area contributed by atoms with Crippen molar-refractivity contribution in [3.05, 3.63) is 23.3 Å². The van der Waals surface area contributed by atoms with Crippen molar-refractivity contribution in [2.45, 2.75) is 79.3 Å². The third-order valence-electron chi connectivity index (χ3n) is 5.81. The Balaban J connectivity index is 2.37. The van der Waals surface area contributed by atoms with E-state index in [0.29, 0.717) is 18.3 Å². The van der Waals surface area contributed by atoms with Gasteiger partial charge in [0.05, 0.1) is 0 Å². The first-order valence-electron chi connectivity index (χ1n) is 8.89. The summed E-state index contributed by atoms with van der Waals surface area (Å²) in [5.41, 5.74) is 3.08. The predicted octanol–water partition coefficient (Wildman–Crippen LogP) is 6.48. The Morgan fingerprint density at radius 1 is 1.24 bits per heavy atom. The van der Waals surface area contributed by atoms with E-state index in [4.69, 9.17) is 0 Å². The molecule has 120 valence electrons. The summed E-state index contributed by atoms with van der Waals surface area (Å²) in [5, 5.41) is 0. The Kier molecular flexibility index (Phi) is 5.33. The number of halogens is 1. The van der Waals surface area contributed by atoms with Gasteiger partial charge in [-0.05, 0) is 60.8 Å². The van der Waals surface area contributed by atoms with Crippen LogP contribution in [0.5, 0.6) is 0 Å². The first-order chi connectivity index (χ1) is 9.83. The molecule has 2 aliphatic carbocycles. The molecule has 0 nitrogen and oxygen atoms in total. The van der Waals surface area contributed by atoms with E-state index in [-0.39, 0.29) is 11.3 Å².